The normalized spacial score (nSPS) is 26.6. The van der Waals surface area contributed by atoms with E-state index >= 15 is 0 Å². The van der Waals surface area contributed by atoms with E-state index in [4.69, 9.17) is 0 Å². The molecular formula is C17H26N2O2. The van der Waals surface area contributed by atoms with Gasteiger partial charge in [-0.2, -0.15) is 0 Å². The lowest BCUT2D eigenvalue weighted by Gasteiger charge is -2.36. The molecule has 21 heavy (non-hydrogen) atoms. The molecule has 4 nitrogen and oxygen atoms in total. The highest BCUT2D eigenvalue weighted by atomic mass is 16.2. The van der Waals surface area contributed by atoms with Gasteiger partial charge >= 0.3 is 0 Å². The second-order valence-corrected chi connectivity index (χ2v) is 6.66. The molecular weight excluding hydrogens is 264 g/mol. The van der Waals surface area contributed by atoms with Crippen molar-refractivity contribution in [1.29, 1.82) is 0 Å². The van der Waals surface area contributed by atoms with Gasteiger partial charge in [0.25, 0.3) is 0 Å². The second kappa shape index (κ2) is 6.63. The van der Waals surface area contributed by atoms with Gasteiger partial charge in [-0.25, -0.2) is 0 Å². The highest BCUT2D eigenvalue weighted by Crippen LogP contribution is 2.27. The zero-order valence-electron chi connectivity index (χ0n) is 12.8. The molecule has 0 aromatic heterocycles. The fourth-order valence-electron chi connectivity index (χ4n) is 3.83. The average Bonchev–Trinajstić information content (AvgIpc) is 3.20. The van der Waals surface area contributed by atoms with Crippen LogP contribution < -0.4 is 0 Å². The SMILES string of the molecule is O=C(CC1C=CCC1)N1CCN(C(=O)C2CCCC2)CC1. The summed E-state index contributed by atoms with van der Waals surface area (Å²) in [6.07, 6.45) is 11.7. The maximum Gasteiger partial charge on any atom is 0.225 e. The first kappa shape index (κ1) is 14.6. The third kappa shape index (κ3) is 3.47. The predicted octanol–water partition coefficient (Wildman–Crippen LogP) is 2.20. The minimum atomic E-state index is 0.260. The van der Waals surface area contributed by atoms with E-state index in [1.54, 1.807) is 0 Å². The van der Waals surface area contributed by atoms with E-state index in [0.717, 1.165) is 38.8 Å². The van der Waals surface area contributed by atoms with Gasteiger partial charge in [-0.3, -0.25) is 9.59 Å². The van der Waals surface area contributed by atoms with E-state index in [1.807, 2.05) is 9.80 Å². The molecule has 1 saturated carbocycles. The summed E-state index contributed by atoms with van der Waals surface area (Å²) in [4.78, 5) is 28.6. The summed E-state index contributed by atoms with van der Waals surface area (Å²) in [5, 5.41) is 0. The zero-order valence-corrected chi connectivity index (χ0v) is 12.8. The van der Waals surface area contributed by atoms with E-state index in [9.17, 15) is 9.59 Å². The van der Waals surface area contributed by atoms with Crippen LogP contribution in [-0.4, -0.2) is 47.8 Å². The number of hydrogen-bond acceptors (Lipinski definition) is 2. The van der Waals surface area contributed by atoms with Crippen molar-refractivity contribution < 1.29 is 9.59 Å². The van der Waals surface area contributed by atoms with Gasteiger partial charge in [-0.05, 0) is 31.6 Å². The van der Waals surface area contributed by atoms with E-state index in [0.29, 0.717) is 31.3 Å². The Morgan fingerprint density at radius 2 is 1.62 bits per heavy atom. The molecule has 3 rings (SSSR count). The highest BCUT2D eigenvalue weighted by Gasteiger charge is 2.30. The summed E-state index contributed by atoms with van der Waals surface area (Å²) in [7, 11) is 0. The van der Waals surface area contributed by atoms with Gasteiger partial charge in [0.15, 0.2) is 0 Å². The maximum absolute atomic E-state index is 12.4. The molecule has 1 aliphatic heterocycles. The van der Waals surface area contributed by atoms with E-state index < -0.39 is 0 Å². The second-order valence-electron chi connectivity index (χ2n) is 6.66. The summed E-state index contributed by atoms with van der Waals surface area (Å²) in [5.41, 5.74) is 0. The molecule has 2 fully saturated rings. The van der Waals surface area contributed by atoms with Gasteiger partial charge in [0.05, 0.1) is 0 Å². The van der Waals surface area contributed by atoms with Gasteiger partial charge in [-0.1, -0.05) is 25.0 Å². The number of allylic oxidation sites excluding steroid dienone is 2. The number of piperazine rings is 1. The Labute approximate surface area is 127 Å². The van der Waals surface area contributed by atoms with Crippen LogP contribution in [0.5, 0.6) is 0 Å². The van der Waals surface area contributed by atoms with Gasteiger partial charge in [0, 0.05) is 38.5 Å². The number of carbonyl (C=O) groups excluding carboxylic acids is 2. The molecule has 1 unspecified atom stereocenters. The van der Waals surface area contributed by atoms with Crippen molar-refractivity contribution in [2.45, 2.75) is 44.9 Å². The third-order valence-corrected chi connectivity index (χ3v) is 5.20. The molecule has 1 saturated heterocycles. The van der Waals surface area contributed by atoms with Gasteiger partial charge in [0.1, 0.15) is 0 Å². The van der Waals surface area contributed by atoms with Gasteiger partial charge < -0.3 is 9.80 Å². The molecule has 2 amide bonds. The standard InChI is InChI=1S/C17H26N2O2/c20-16(13-14-5-1-2-6-14)18-9-11-19(12-10-18)17(21)15-7-3-4-8-15/h1,5,14-15H,2-4,6-13H2. The lowest BCUT2D eigenvalue weighted by Crippen LogP contribution is -2.51. The number of rotatable bonds is 3. The van der Waals surface area contributed by atoms with Crippen LogP contribution in [-0.2, 0) is 9.59 Å². The smallest absolute Gasteiger partial charge is 0.225 e. The summed E-state index contributed by atoms with van der Waals surface area (Å²) in [6.45, 7) is 2.88. The van der Waals surface area contributed by atoms with E-state index in [1.165, 1.54) is 12.8 Å². The van der Waals surface area contributed by atoms with Crippen LogP contribution >= 0.6 is 0 Å². The summed E-state index contributed by atoms with van der Waals surface area (Å²) >= 11 is 0. The first-order chi connectivity index (χ1) is 10.2. The molecule has 0 aromatic rings. The molecule has 4 heteroatoms. The first-order valence-electron chi connectivity index (χ1n) is 8.47. The van der Waals surface area contributed by atoms with Crippen LogP contribution in [0.4, 0.5) is 0 Å². The molecule has 0 bridgehead atoms. The zero-order chi connectivity index (χ0) is 14.7. The monoisotopic (exact) mass is 290 g/mol. The molecule has 1 heterocycles. The fraction of sp³-hybridized carbons (Fsp3) is 0.765. The number of carbonyl (C=O) groups is 2. The van der Waals surface area contributed by atoms with Crippen molar-refractivity contribution in [3.05, 3.63) is 12.2 Å². The van der Waals surface area contributed by atoms with Crippen molar-refractivity contribution in [1.82, 2.24) is 9.80 Å². The Balaban J connectivity index is 1.44. The molecule has 0 aromatic carbocycles. The van der Waals surface area contributed by atoms with Crippen LogP contribution in [0.3, 0.4) is 0 Å². The van der Waals surface area contributed by atoms with Crippen molar-refractivity contribution in [2.24, 2.45) is 11.8 Å². The van der Waals surface area contributed by atoms with Crippen molar-refractivity contribution in [3.63, 3.8) is 0 Å². The first-order valence-corrected chi connectivity index (χ1v) is 8.47. The maximum atomic E-state index is 12.4. The molecule has 1 atom stereocenters. The molecule has 2 aliphatic carbocycles. The molecule has 3 aliphatic rings. The van der Waals surface area contributed by atoms with Crippen LogP contribution in [0.2, 0.25) is 0 Å². The molecule has 0 radical (unpaired) electrons. The Bertz CT molecular complexity index is 419. The Hall–Kier alpha value is -1.32. The quantitative estimate of drug-likeness (QED) is 0.748. The Morgan fingerprint density at radius 1 is 0.952 bits per heavy atom. The van der Waals surface area contributed by atoms with Crippen LogP contribution in [0, 0.1) is 11.8 Å². The van der Waals surface area contributed by atoms with Gasteiger partial charge in [0.2, 0.25) is 11.8 Å². The van der Waals surface area contributed by atoms with Crippen LogP contribution in [0.1, 0.15) is 44.9 Å². The molecule has 116 valence electrons. The van der Waals surface area contributed by atoms with Crippen molar-refractivity contribution >= 4 is 11.8 Å². The van der Waals surface area contributed by atoms with Crippen molar-refractivity contribution in [2.75, 3.05) is 26.2 Å². The minimum absolute atomic E-state index is 0.260. The summed E-state index contributed by atoms with van der Waals surface area (Å²) in [5.74, 6) is 1.30. The summed E-state index contributed by atoms with van der Waals surface area (Å²) < 4.78 is 0. The van der Waals surface area contributed by atoms with Gasteiger partial charge in [-0.15, -0.1) is 0 Å². The summed E-state index contributed by atoms with van der Waals surface area (Å²) in [6, 6.07) is 0. The minimum Gasteiger partial charge on any atom is -0.339 e. The van der Waals surface area contributed by atoms with Crippen LogP contribution in [0.15, 0.2) is 12.2 Å². The topological polar surface area (TPSA) is 40.6 Å². The molecule has 0 N–H and O–H groups in total. The van der Waals surface area contributed by atoms with Crippen molar-refractivity contribution in [3.8, 4) is 0 Å². The van der Waals surface area contributed by atoms with Crippen LogP contribution in [0.25, 0.3) is 0 Å². The largest absolute Gasteiger partial charge is 0.339 e. The highest BCUT2D eigenvalue weighted by molar-refractivity contribution is 5.80. The average molecular weight is 290 g/mol. The fourth-order valence-corrected chi connectivity index (χ4v) is 3.83. The molecule has 0 spiro atoms. The lowest BCUT2D eigenvalue weighted by atomic mass is 10.0. The predicted molar refractivity (Wildman–Crippen MR) is 81.6 cm³/mol. The lowest BCUT2D eigenvalue weighted by molar-refractivity contribution is -0.142. The number of hydrogen-bond donors (Lipinski definition) is 0. The number of amides is 2. The Kier molecular flexibility index (Phi) is 4.61. The Morgan fingerprint density at radius 3 is 2.24 bits per heavy atom. The van der Waals surface area contributed by atoms with E-state index in [2.05, 4.69) is 12.2 Å². The third-order valence-electron chi connectivity index (χ3n) is 5.20. The number of nitrogens with zero attached hydrogens (tertiary/aromatic N) is 2. The van der Waals surface area contributed by atoms with E-state index in [-0.39, 0.29) is 11.8 Å².